The number of carbonyl (C=O) groups excluding carboxylic acids is 1. The summed E-state index contributed by atoms with van der Waals surface area (Å²) in [6.45, 7) is 9.11. The maximum absolute atomic E-state index is 12.5. The van der Waals surface area contributed by atoms with Crippen LogP contribution in [0.1, 0.15) is 53.0 Å². The predicted molar refractivity (Wildman–Crippen MR) is 126 cm³/mol. The van der Waals surface area contributed by atoms with Crippen molar-refractivity contribution in [1.82, 2.24) is 15.0 Å². The van der Waals surface area contributed by atoms with Gasteiger partial charge in [0.2, 0.25) is 0 Å². The van der Waals surface area contributed by atoms with Crippen LogP contribution in [0.25, 0.3) is 5.70 Å². The number of aromatic amines is 1. The average Bonchev–Trinajstić information content (AvgIpc) is 3.18. The molecule has 176 valence electrons. The van der Waals surface area contributed by atoms with Crippen molar-refractivity contribution in [3.63, 3.8) is 0 Å². The topological polar surface area (TPSA) is 133 Å². The van der Waals surface area contributed by atoms with Gasteiger partial charge in [0.1, 0.15) is 5.60 Å². The molecule has 2 atom stereocenters. The molecule has 1 aliphatic carbocycles. The molecule has 0 aliphatic heterocycles. The minimum Gasteiger partial charge on any atom is -0.444 e. The second-order valence-electron chi connectivity index (χ2n) is 8.50. The number of aliphatic imine (C=N–C) groups is 1. The first-order chi connectivity index (χ1) is 14.9. The number of H-pyrrole nitrogens is 1. The molecule has 0 bridgehead atoms. The van der Waals surface area contributed by atoms with Crippen LogP contribution in [0.4, 0.5) is 4.79 Å². The molecule has 1 heterocycles. The van der Waals surface area contributed by atoms with Gasteiger partial charge in [0, 0.05) is 29.7 Å². The van der Waals surface area contributed by atoms with Gasteiger partial charge in [-0.15, -0.1) is 0 Å². The highest BCUT2D eigenvalue weighted by atomic mass is 32.2. The Kier molecular flexibility index (Phi) is 8.59. The van der Waals surface area contributed by atoms with Crippen LogP contribution in [-0.2, 0) is 15.0 Å². The van der Waals surface area contributed by atoms with Crippen molar-refractivity contribution >= 4 is 27.8 Å². The van der Waals surface area contributed by atoms with Crippen LogP contribution < -0.4 is 10.0 Å². The minimum absolute atomic E-state index is 0.379. The van der Waals surface area contributed by atoms with Crippen LogP contribution in [0.15, 0.2) is 53.3 Å². The van der Waals surface area contributed by atoms with Gasteiger partial charge in [0.15, 0.2) is 0 Å². The lowest BCUT2D eigenvalue weighted by atomic mass is 9.96. The van der Waals surface area contributed by atoms with Crippen LogP contribution in [-0.4, -0.2) is 47.4 Å². The van der Waals surface area contributed by atoms with E-state index < -0.39 is 34.1 Å². The summed E-state index contributed by atoms with van der Waals surface area (Å²) in [5.41, 5.74) is 2.65. The lowest BCUT2D eigenvalue weighted by molar-refractivity contribution is 0.0518. The Bertz CT molecular complexity index is 1020. The third kappa shape index (κ3) is 8.81. The molecule has 1 amide bonds. The molecule has 0 saturated heterocycles. The van der Waals surface area contributed by atoms with Gasteiger partial charge in [-0.2, -0.15) is 13.1 Å². The molecule has 1 aromatic heterocycles. The second-order valence-corrected chi connectivity index (χ2v) is 9.69. The summed E-state index contributed by atoms with van der Waals surface area (Å²) in [5, 5.41) is 2.89. The molecular formula is C22H32N4O5S. The van der Waals surface area contributed by atoms with Crippen molar-refractivity contribution < 1.29 is 22.5 Å². The zero-order valence-corrected chi connectivity index (χ0v) is 19.9. The van der Waals surface area contributed by atoms with E-state index in [1.54, 1.807) is 32.9 Å². The molecule has 0 aromatic carbocycles. The highest BCUT2D eigenvalue weighted by Gasteiger charge is 2.23. The average molecular weight is 465 g/mol. The zero-order chi connectivity index (χ0) is 23.9. The first-order valence-corrected chi connectivity index (χ1v) is 11.8. The number of nitrogens with one attached hydrogen (secondary N) is 3. The number of alkyl carbamates (subject to hydrolysis) is 1. The summed E-state index contributed by atoms with van der Waals surface area (Å²) in [6, 6.07) is 0.946. The Morgan fingerprint density at radius 3 is 2.66 bits per heavy atom. The molecule has 0 saturated carbocycles. The lowest BCUT2D eigenvalue weighted by Crippen LogP contribution is -2.43. The van der Waals surface area contributed by atoms with E-state index in [-0.39, 0.29) is 0 Å². The van der Waals surface area contributed by atoms with Crippen molar-refractivity contribution in [3.05, 3.63) is 53.9 Å². The first kappa shape index (κ1) is 25.6. The first-order valence-electron chi connectivity index (χ1n) is 10.3. The van der Waals surface area contributed by atoms with E-state index >= 15 is 0 Å². The molecule has 32 heavy (non-hydrogen) atoms. The number of hydrogen-bond acceptors (Lipinski definition) is 5. The number of nitrogens with zero attached hydrogens (tertiary/aromatic N) is 1. The Morgan fingerprint density at radius 2 is 2.16 bits per heavy atom. The van der Waals surface area contributed by atoms with Crippen molar-refractivity contribution in [2.45, 2.75) is 65.1 Å². The molecule has 0 spiro atoms. The summed E-state index contributed by atoms with van der Waals surface area (Å²) in [4.78, 5) is 20.2. The summed E-state index contributed by atoms with van der Waals surface area (Å²) in [6.07, 6.45) is 11.1. The summed E-state index contributed by atoms with van der Waals surface area (Å²) >= 11 is 0. The lowest BCUT2D eigenvalue weighted by Gasteiger charge is -2.25. The van der Waals surface area contributed by atoms with Crippen molar-refractivity contribution in [2.75, 3.05) is 0 Å². The Labute approximate surface area is 189 Å². The molecule has 10 heteroatoms. The number of ether oxygens (including phenoxy) is 1. The van der Waals surface area contributed by atoms with E-state index in [2.05, 4.69) is 15.0 Å². The quantitative estimate of drug-likeness (QED) is 0.343. The van der Waals surface area contributed by atoms with Crippen molar-refractivity contribution in [2.24, 2.45) is 4.99 Å². The highest BCUT2D eigenvalue weighted by Crippen LogP contribution is 2.20. The zero-order valence-electron chi connectivity index (χ0n) is 19.0. The van der Waals surface area contributed by atoms with Gasteiger partial charge in [0.25, 0.3) is 0 Å². The summed E-state index contributed by atoms with van der Waals surface area (Å²) in [5.74, 6) is 0. The highest BCUT2D eigenvalue weighted by molar-refractivity contribution is 7.83. The van der Waals surface area contributed by atoms with E-state index in [0.717, 1.165) is 16.8 Å². The molecular weight excluding hydrogens is 432 g/mol. The molecule has 1 aliphatic rings. The Balaban J connectivity index is 2.20. The van der Waals surface area contributed by atoms with Crippen LogP contribution in [0.5, 0.6) is 0 Å². The molecule has 9 nitrogen and oxygen atoms in total. The van der Waals surface area contributed by atoms with Gasteiger partial charge < -0.3 is 15.0 Å². The van der Waals surface area contributed by atoms with Gasteiger partial charge >= 0.3 is 16.4 Å². The van der Waals surface area contributed by atoms with Gasteiger partial charge in [-0.25, -0.2) is 4.79 Å². The Morgan fingerprint density at radius 1 is 1.44 bits per heavy atom. The van der Waals surface area contributed by atoms with E-state index in [4.69, 9.17) is 14.3 Å². The van der Waals surface area contributed by atoms with E-state index in [1.165, 1.54) is 0 Å². The summed E-state index contributed by atoms with van der Waals surface area (Å²) in [7, 11) is -4.28. The number of amides is 1. The molecule has 1 unspecified atom stereocenters. The van der Waals surface area contributed by atoms with E-state index in [0.29, 0.717) is 18.6 Å². The monoisotopic (exact) mass is 464 g/mol. The number of hydrogen-bond donors (Lipinski definition) is 4. The van der Waals surface area contributed by atoms with E-state index in [1.807, 2.05) is 44.5 Å². The molecule has 0 radical (unpaired) electrons. The van der Waals surface area contributed by atoms with Gasteiger partial charge in [0.05, 0.1) is 11.7 Å². The maximum atomic E-state index is 12.5. The Hall–Kier alpha value is -2.69. The fourth-order valence-electron chi connectivity index (χ4n) is 3.13. The van der Waals surface area contributed by atoms with Crippen LogP contribution >= 0.6 is 0 Å². The van der Waals surface area contributed by atoms with Gasteiger partial charge in [-0.05, 0) is 59.1 Å². The van der Waals surface area contributed by atoms with Gasteiger partial charge in [-0.1, -0.05) is 24.3 Å². The van der Waals surface area contributed by atoms with Crippen molar-refractivity contribution in [3.8, 4) is 0 Å². The molecule has 0 fully saturated rings. The van der Waals surface area contributed by atoms with Crippen molar-refractivity contribution in [1.29, 1.82) is 0 Å². The maximum Gasteiger partial charge on any atom is 0.408 e. The number of carbonyl (C=O) groups is 1. The van der Waals surface area contributed by atoms with Crippen LogP contribution in [0.2, 0.25) is 0 Å². The number of rotatable bonds is 8. The summed E-state index contributed by atoms with van der Waals surface area (Å²) < 4.78 is 38.5. The fraction of sp³-hybridized carbons (Fsp3) is 0.455. The van der Waals surface area contributed by atoms with E-state index in [9.17, 15) is 13.2 Å². The second kappa shape index (κ2) is 10.8. The normalized spacial score (nSPS) is 18.8. The SMILES string of the molecule is C/C=C(\N=C(C)[C@H](CC1=CCC(NS(=O)(=O)O)C=C1)NC(=O)OC(C)(C)C)c1cc[nH]c1. The standard InChI is InChI=1S/C22H32N4O5S/c1-6-19(17-11-12-23-14-17)24-15(2)20(25-21(27)31-22(3,4)5)13-16-7-9-18(10-8-16)26-32(28,29)30/h6-9,11-12,14,18,20,23,26H,10,13H2,1-5H3,(H,25,27)(H,28,29,30)/b19-6-,24-15?/t18?,20-/m0/s1. The fourth-order valence-corrected chi connectivity index (χ4v) is 3.69. The van der Waals surface area contributed by atoms with Gasteiger partial charge in [-0.3, -0.25) is 9.55 Å². The predicted octanol–water partition coefficient (Wildman–Crippen LogP) is 3.77. The van der Waals surface area contributed by atoms with Crippen LogP contribution in [0, 0.1) is 0 Å². The number of allylic oxidation sites excluding steroid dienone is 2. The molecule has 1 aromatic rings. The smallest absolute Gasteiger partial charge is 0.408 e. The third-order valence-corrected chi connectivity index (χ3v) is 5.18. The largest absolute Gasteiger partial charge is 0.444 e. The third-order valence-electron chi connectivity index (χ3n) is 4.58. The molecule has 4 N–H and O–H groups in total. The van der Waals surface area contributed by atoms with Crippen LogP contribution in [0.3, 0.4) is 0 Å². The minimum atomic E-state index is -4.28. The number of aromatic nitrogens is 1. The molecule has 2 rings (SSSR count).